The van der Waals surface area contributed by atoms with Crippen LogP contribution in [-0.2, 0) is 11.2 Å². The summed E-state index contributed by atoms with van der Waals surface area (Å²) in [6, 6.07) is 12.5. The maximum absolute atomic E-state index is 13.4. The molecule has 3 aliphatic heterocycles. The smallest absolute Gasteiger partial charge is 0.231 e. The molecule has 0 radical (unpaired) electrons. The number of carbonyl (C=O) groups excluding carboxylic acids is 1. The number of nitrogens with zero attached hydrogens (tertiary/aromatic N) is 1. The van der Waals surface area contributed by atoms with Gasteiger partial charge in [0.25, 0.3) is 0 Å². The highest BCUT2D eigenvalue weighted by atomic mass is 79.9. The third-order valence-corrected chi connectivity index (χ3v) is 7.59. The molecule has 0 bridgehead atoms. The van der Waals surface area contributed by atoms with Crippen LogP contribution in [0.15, 0.2) is 58.2 Å². The molecule has 4 nitrogen and oxygen atoms in total. The van der Waals surface area contributed by atoms with E-state index in [0.29, 0.717) is 6.42 Å². The molecule has 2 aromatic carbocycles. The van der Waals surface area contributed by atoms with Crippen LogP contribution in [0.5, 0.6) is 11.5 Å². The minimum Gasteiger partial charge on any atom is -0.454 e. The fraction of sp³-hybridized carbons (Fsp3) is 0.346. The quantitative estimate of drug-likeness (QED) is 0.518. The number of fused-ring (bicyclic) bond motifs is 5. The summed E-state index contributed by atoms with van der Waals surface area (Å²) in [6.07, 6.45) is 4.72. The lowest BCUT2D eigenvalue weighted by atomic mass is 9.69. The summed E-state index contributed by atoms with van der Waals surface area (Å²) in [5, 5.41) is 0. The monoisotopic (exact) mass is 477 g/mol. The number of Topliss-reactive ketones (excluding diaryl/α,β-unsaturated/α-hetero) is 1. The highest BCUT2D eigenvalue weighted by molar-refractivity contribution is 9.10. The second kappa shape index (κ2) is 6.73. The summed E-state index contributed by atoms with van der Waals surface area (Å²) in [5.74, 6) is 1.86. The lowest BCUT2D eigenvalue weighted by molar-refractivity contribution is -0.118. The molecule has 0 fully saturated rings. The zero-order chi connectivity index (χ0) is 21.3. The summed E-state index contributed by atoms with van der Waals surface area (Å²) >= 11 is 3.74. The van der Waals surface area contributed by atoms with Gasteiger partial charge in [-0.05, 0) is 53.7 Å². The van der Waals surface area contributed by atoms with Crippen molar-refractivity contribution in [3.8, 4) is 11.5 Å². The Bertz CT molecular complexity index is 1190. The number of allylic oxidation sites excluding steroid dienone is 3. The Hall–Kier alpha value is -2.53. The largest absolute Gasteiger partial charge is 0.454 e. The molecule has 158 valence electrons. The summed E-state index contributed by atoms with van der Waals surface area (Å²) in [4.78, 5) is 15.8. The van der Waals surface area contributed by atoms with E-state index in [9.17, 15) is 4.79 Å². The molecule has 3 heterocycles. The number of ketones is 1. The van der Waals surface area contributed by atoms with E-state index in [1.165, 1.54) is 22.5 Å². The molecule has 0 saturated heterocycles. The van der Waals surface area contributed by atoms with Gasteiger partial charge in [0.2, 0.25) is 6.79 Å². The second-order valence-corrected chi connectivity index (χ2v) is 10.5. The lowest BCUT2D eigenvalue weighted by Gasteiger charge is -2.46. The standard InChI is InChI=1S/C26H24BrNO3/c1-26(2)12-21-25(22(29)13-26)18(16-5-3-4-6-19(16)27)10-20-17-11-24-23(30-14-31-24)9-15(17)7-8-28(20)21/h3-6,9-11,18H,7-8,12-14H2,1-2H3/t18-/m0/s1. The molecule has 4 aliphatic rings. The van der Waals surface area contributed by atoms with Crippen LogP contribution in [0.1, 0.15) is 49.3 Å². The molecule has 6 rings (SSSR count). The number of carbonyl (C=O) groups is 1. The van der Waals surface area contributed by atoms with Gasteiger partial charge in [-0.15, -0.1) is 0 Å². The van der Waals surface area contributed by atoms with Crippen molar-refractivity contribution < 1.29 is 14.3 Å². The van der Waals surface area contributed by atoms with Crippen molar-refractivity contribution >= 4 is 27.4 Å². The van der Waals surface area contributed by atoms with Gasteiger partial charge in [-0.3, -0.25) is 4.79 Å². The van der Waals surface area contributed by atoms with Crippen LogP contribution in [-0.4, -0.2) is 24.0 Å². The van der Waals surface area contributed by atoms with Crippen molar-refractivity contribution in [3.63, 3.8) is 0 Å². The summed E-state index contributed by atoms with van der Waals surface area (Å²) in [7, 11) is 0. The fourth-order valence-electron chi connectivity index (χ4n) is 5.50. The van der Waals surface area contributed by atoms with E-state index in [0.717, 1.165) is 46.5 Å². The van der Waals surface area contributed by atoms with Gasteiger partial charge in [0.1, 0.15) is 0 Å². The SMILES string of the molecule is CC1(C)CC(=O)C2=C(C1)N1CCc3cc4c(cc3C1=C[C@H]2c1ccccc1Br)OCO4. The third kappa shape index (κ3) is 2.97. The van der Waals surface area contributed by atoms with Gasteiger partial charge in [-0.1, -0.05) is 48.0 Å². The highest BCUT2D eigenvalue weighted by Gasteiger charge is 2.43. The lowest BCUT2D eigenvalue weighted by Crippen LogP contribution is -2.40. The van der Waals surface area contributed by atoms with Gasteiger partial charge in [-0.2, -0.15) is 0 Å². The molecule has 0 spiro atoms. The number of benzene rings is 2. The Kier molecular flexibility index (Phi) is 4.16. The Morgan fingerprint density at radius 1 is 1.10 bits per heavy atom. The van der Waals surface area contributed by atoms with Crippen molar-refractivity contribution in [1.82, 2.24) is 4.90 Å². The van der Waals surface area contributed by atoms with Crippen LogP contribution in [0.2, 0.25) is 0 Å². The average molecular weight is 478 g/mol. The first-order chi connectivity index (χ1) is 14.9. The van der Waals surface area contributed by atoms with Crippen LogP contribution in [0, 0.1) is 5.41 Å². The predicted octanol–water partition coefficient (Wildman–Crippen LogP) is 5.82. The topological polar surface area (TPSA) is 38.8 Å². The van der Waals surface area contributed by atoms with Gasteiger partial charge < -0.3 is 14.4 Å². The van der Waals surface area contributed by atoms with Gasteiger partial charge in [0, 0.05) is 45.9 Å². The average Bonchev–Trinajstić information content (AvgIpc) is 3.18. The molecular formula is C26H24BrNO3. The normalized spacial score (nSPS) is 23.2. The summed E-state index contributed by atoms with van der Waals surface area (Å²) in [6.45, 7) is 5.56. The van der Waals surface area contributed by atoms with Gasteiger partial charge in [-0.25, -0.2) is 0 Å². The Balaban J connectivity index is 1.57. The number of hydrogen-bond acceptors (Lipinski definition) is 4. The molecule has 5 heteroatoms. The minimum absolute atomic E-state index is 0.0357. The van der Waals surface area contributed by atoms with E-state index in [4.69, 9.17) is 9.47 Å². The van der Waals surface area contributed by atoms with Gasteiger partial charge in [0.15, 0.2) is 17.3 Å². The number of halogens is 1. The molecule has 31 heavy (non-hydrogen) atoms. The molecule has 0 saturated carbocycles. The predicted molar refractivity (Wildman–Crippen MR) is 123 cm³/mol. The first-order valence-corrected chi connectivity index (χ1v) is 11.6. The van der Waals surface area contributed by atoms with Crippen LogP contribution in [0.4, 0.5) is 0 Å². The highest BCUT2D eigenvalue weighted by Crippen LogP contribution is 2.52. The molecule has 0 N–H and O–H groups in total. The molecular weight excluding hydrogens is 454 g/mol. The minimum atomic E-state index is -0.0585. The second-order valence-electron chi connectivity index (χ2n) is 9.62. The first-order valence-electron chi connectivity index (χ1n) is 10.8. The van der Waals surface area contributed by atoms with Crippen LogP contribution in [0.25, 0.3) is 5.70 Å². The van der Waals surface area contributed by atoms with Crippen molar-refractivity contribution in [2.45, 2.75) is 39.0 Å². The van der Waals surface area contributed by atoms with Crippen molar-refractivity contribution in [3.05, 3.63) is 74.9 Å². The number of ether oxygens (including phenoxy) is 2. The van der Waals surface area contributed by atoms with Crippen molar-refractivity contribution in [1.29, 1.82) is 0 Å². The molecule has 0 aromatic heterocycles. The van der Waals surface area contributed by atoms with Gasteiger partial charge in [0.05, 0.1) is 0 Å². The zero-order valence-corrected chi connectivity index (χ0v) is 19.3. The molecule has 0 amide bonds. The first kappa shape index (κ1) is 19.2. The van der Waals surface area contributed by atoms with Crippen molar-refractivity contribution in [2.75, 3.05) is 13.3 Å². The van der Waals surface area contributed by atoms with E-state index in [-0.39, 0.29) is 23.9 Å². The summed E-state index contributed by atoms with van der Waals surface area (Å²) < 4.78 is 12.3. The van der Waals surface area contributed by atoms with Crippen LogP contribution in [0.3, 0.4) is 0 Å². The van der Waals surface area contributed by atoms with Crippen molar-refractivity contribution in [2.24, 2.45) is 5.41 Å². The number of hydrogen-bond donors (Lipinski definition) is 0. The van der Waals surface area contributed by atoms with E-state index in [1.807, 2.05) is 6.07 Å². The maximum Gasteiger partial charge on any atom is 0.231 e. The van der Waals surface area contributed by atoms with E-state index in [2.05, 4.69) is 71.1 Å². The van der Waals surface area contributed by atoms with Crippen LogP contribution < -0.4 is 9.47 Å². The fourth-order valence-corrected chi connectivity index (χ4v) is 6.03. The van der Waals surface area contributed by atoms with E-state index < -0.39 is 0 Å². The molecule has 1 aliphatic carbocycles. The number of rotatable bonds is 1. The third-order valence-electron chi connectivity index (χ3n) is 6.87. The zero-order valence-electron chi connectivity index (χ0n) is 17.7. The van der Waals surface area contributed by atoms with E-state index >= 15 is 0 Å². The Morgan fingerprint density at radius 2 is 1.87 bits per heavy atom. The van der Waals surface area contributed by atoms with Gasteiger partial charge >= 0.3 is 0 Å². The Morgan fingerprint density at radius 3 is 2.68 bits per heavy atom. The maximum atomic E-state index is 13.4. The van der Waals surface area contributed by atoms with E-state index in [1.54, 1.807) is 0 Å². The molecule has 2 aromatic rings. The summed E-state index contributed by atoms with van der Waals surface area (Å²) in [5.41, 5.74) is 6.93. The molecule has 0 unspecified atom stereocenters. The van der Waals surface area contributed by atoms with Crippen LogP contribution >= 0.6 is 15.9 Å². The molecule has 1 atom stereocenters. The Labute approximate surface area is 190 Å².